The van der Waals surface area contributed by atoms with Crippen molar-refractivity contribution in [2.45, 2.75) is 6.54 Å². The van der Waals surface area contributed by atoms with E-state index in [0.717, 1.165) is 11.3 Å². The number of hydrogen-bond acceptors (Lipinski definition) is 4. The van der Waals surface area contributed by atoms with E-state index in [9.17, 15) is 9.18 Å². The molecule has 2 N–H and O–H groups in total. The SMILES string of the molecule is Cn1c(-c2ccc3c(c2)OCO3)c[n+](CC(=O)c2ccc(F)cc2)c1N.[Br-]. The molecule has 140 valence electrons. The van der Waals surface area contributed by atoms with Gasteiger partial charge in [0.2, 0.25) is 6.79 Å². The molecule has 2 heterocycles. The van der Waals surface area contributed by atoms with Crippen molar-refractivity contribution in [3.63, 3.8) is 0 Å². The highest BCUT2D eigenvalue weighted by atomic mass is 79.9. The van der Waals surface area contributed by atoms with E-state index in [1.165, 1.54) is 24.3 Å². The fraction of sp³-hybridized carbons (Fsp3) is 0.158. The zero-order valence-corrected chi connectivity index (χ0v) is 16.1. The van der Waals surface area contributed by atoms with Crippen LogP contribution >= 0.6 is 0 Å². The minimum Gasteiger partial charge on any atom is -1.00 e. The normalized spacial score (nSPS) is 11.9. The van der Waals surface area contributed by atoms with Crippen molar-refractivity contribution >= 4 is 11.7 Å². The Morgan fingerprint density at radius 3 is 2.63 bits per heavy atom. The summed E-state index contributed by atoms with van der Waals surface area (Å²) in [6.45, 7) is 0.274. The van der Waals surface area contributed by atoms with E-state index in [-0.39, 0.29) is 41.9 Å². The van der Waals surface area contributed by atoms with Gasteiger partial charge in [-0.25, -0.2) is 13.5 Å². The zero-order valence-electron chi connectivity index (χ0n) is 14.5. The number of imidazole rings is 1. The number of anilines is 1. The zero-order chi connectivity index (χ0) is 18.3. The molecule has 0 bridgehead atoms. The fourth-order valence-corrected chi connectivity index (χ4v) is 2.95. The highest BCUT2D eigenvalue weighted by Crippen LogP contribution is 2.35. The molecule has 6 nitrogen and oxygen atoms in total. The molecule has 3 aromatic rings. The summed E-state index contributed by atoms with van der Waals surface area (Å²) in [5.41, 5.74) is 8.34. The van der Waals surface area contributed by atoms with Gasteiger partial charge in [-0.1, -0.05) is 0 Å². The monoisotopic (exact) mass is 433 g/mol. The fourth-order valence-electron chi connectivity index (χ4n) is 2.95. The van der Waals surface area contributed by atoms with E-state index in [2.05, 4.69) is 0 Å². The second-order valence-corrected chi connectivity index (χ2v) is 6.06. The second kappa shape index (κ2) is 7.40. The summed E-state index contributed by atoms with van der Waals surface area (Å²) in [6, 6.07) is 11.1. The predicted octanol–water partition coefficient (Wildman–Crippen LogP) is -0.683. The highest BCUT2D eigenvalue weighted by Gasteiger charge is 2.22. The van der Waals surface area contributed by atoms with E-state index < -0.39 is 0 Å². The van der Waals surface area contributed by atoms with Crippen molar-refractivity contribution in [1.29, 1.82) is 0 Å². The Morgan fingerprint density at radius 2 is 1.89 bits per heavy atom. The van der Waals surface area contributed by atoms with Crippen LogP contribution in [0.1, 0.15) is 10.4 Å². The second-order valence-electron chi connectivity index (χ2n) is 6.06. The largest absolute Gasteiger partial charge is 1.00 e. The van der Waals surface area contributed by atoms with E-state index in [4.69, 9.17) is 15.2 Å². The Hall–Kier alpha value is -2.87. The summed E-state index contributed by atoms with van der Waals surface area (Å²) in [5, 5.41) is 0. The van der Waals surface area contributed by atoms with E-state index in [0.29, 0.717) is 23.0 Å². The van der Waals surface area contributed by atoms with Gasteiger partial charge in [0.05, 0.1) is 7.05 Å². The summed E-state index contributed by atoms with van der Waals surface area (Å²) in [5.74, 6) is 1.29. The quantitative estimate of drug-likeness (QED) is 0.437. The molecule has 0 unspecified atom stereocenters. The molecule has 4 rings (SSSR count). The number of ether oxygens (including phenoxy) is 2. The van der Waals surface area contributed by atoms with Crippen LogP contribution in [0.4, 0.5) is 10.3 Å². The summed E-state index contributed by atoms with van der Waals surface area (Å²) in [7, 11) is 1.83. The molecule has 27 heavy (non-hydrogen) atoms. The van der Waals surface area contributed by atoms with Gasteiger partial charge in [-0.3, -0.25) is 10.5 Å². The molecule has 0 saturated carbocycles. The molecule has 2 aromatic carbocycles. The van der Waals surface area contributed by atoms with Crippen molar-refractivity contribution in [3.8, 4) is 22.8 Å². The molecular weight excluding hydrogens is 417 g/mol. The Bertz CT molecular complexity index is 1000. The maximum Gasteiger partial charge on any atom is 0.355 e. The molecule has 8 heteroatoms. The van der Waals surface area contributed by atoms with Crippen molar-refractivity contribution < 1.29 is 40.2 Å². The van der Waals surface area contributed by atoms with Crippen molar-refractivity contribution in [2.75, 3.05) is 12.5 Å². The third-order valence-corrected chi connectivity index (χ3v) is 4.43. The number of fused-ring (bicyclic) bond motifs is 1. The standard InChI is InChI=1S/C19H16FN3O3.BrH/c1-22-15(13-4-7-17-18(8-13)26-11-25-17)9-23(19(22)21)10-16(24)12-2-5-14(20)6-3-12;/h2-9,21H,10-11H2,1H3;1H. The summed E-state index contributed by atoms with van der Waals surface area (Å²) >= 11 is 0. The number of nitrogen functional groups attached to an aromatic ring is 1. The van der Waals surface area contributed by atoms with Crippen molar-refractivity contribution in [2.24, 2.45) is 7.05 Å². The number of ketones is 1. The Labute approximate surface area is 165 Å². The minimum absolute atomic E-state index is 0. The average Bonchev–Trinajstić information content (AvgIpc) is 3.21. The summed E-state index contributed by atoms with van der Waals surface area (Å²) in [4.78, 5) is 12.4. The maximum absolute atomic E-state index is 13.0. The van der Waals surface area contributed by atoms with Crippen molar-refractivity contribution in [3.05, 3.63) is 60.0 Å². The van der Waals surface area contributed by atoms with E-state index in [1.54, 1.807) is 9.13 Å². The molecule has 1 aliphatic heterocycles. The number of hydrogen-bond donors (Lipinski definition) is 1. The molecule has 0 amide bonds. The van der Waals surface area contributed by atoms with Crippen LogP contribution in [0, 0.1) is 5.82 Å². The number of halogens is 2. The average molecular weight is 434 g/mol. The lowest BCUT2D eigenvalue weighted by Crippen LogP contribution is -3.00. The van der Waals surface area contributed by atoms with Crippen LogP contribution in [0.2, 0.25) is 0 Å². The van der Waals surface area contributed by atoms with Gasteiger partial charge in [-0.15, -0.1) is 0 Å². The first-order valence-corrected chi connectivity index (χ1v) is 8.06. The number of carbonyl (C=O) groups excluding carboxylic acids is 1. The van der Waals surface area contributed by atoms with Crippen molar-refractivity contribution in [1.82, 2.24) is 4.57 Å². The number of nitrogens with zero attached hydrogens (tertiary/aromatic N) is 2. The van der Waals surface area contributed by atoms with Crippen LogP contribution in [0.25, 0.3) is 11.3 Å². The van der Waals surface area contributed by atoms with Crippen LogP contribution in [0.15, 0.2) is 48.7 Å². The van der Waals surface area contributed by atoms with E-state index in [1.807, 2.05) is 31.4 Å². The Kier molecular flexibility index (Phi) is 5.18. The predicted molar refractivity (Wildman–Crippen MR) is 92.3 cm³/mol. The van der Waals surface area contributed by atoms with Crippen LogP contribution in [0.3, 0.4) is 0 Å². The third-order valence-electron chi connectivity index (χ3n) is 4.43. The first-order chi connectivity index (χ1) is 12.5. The lowest BCUT2D eigenvalue weighted by atomic mass is 10.1. The number of Topliss-reactive ketones (excluding diaryl/α,β-unsaturated/α-hetero) is 1. The lowest BCUT2D eigenvalue weighted by Gasteiger charge is -2.01. The molecule has 0 aliphatic carbocycles. The first kappa shape index (κ1) is 18.9. The molecule has 0 spiro atoms. The summed E-state index contributed by atoms with van der Waals surface area (Å²) in [6.07, 6.45) is 1.81. The van der Waals surface area contributed by atoms with E-state index >= 15 is 0 Å². The van der Waals surface area contributed by atoms with Gasteiger partial charge < -0.3 is 26.5 Å². The lowest BCUT2D eigenvalue weighted by molar-refractivity contribution is -0.667. The number of carbonyl (C=O) groups is 1. The molecule has 0 saturated heterocycles. The van der Waals surface area contributed by atoms with Gasteiger partial charge in [0.25, 0.3) is 0 Å². The summed E-state index contributed by atoms with van der Waals surface area (Å²) < 4.78 is 27.2. The van der Waals surface area contributed by atoms with Gasteiger partial charge in [0.1, 0.15) is 24.3 Å². The van der Waals surface area contributed by atoms with Crippen LogP contribution in [0.5, 0.6) is 11.5 Å². The first-order valence-electron chi connectivity index (χ1n) is 8.06. The molecule has 1 aliphatic rings. The van der Waals surface area contributed by atoms with Gasteiger partial charge in [-0.05, 0) is 42.5 Å². The minimum atomic E-state index is -0.376. The van der Waals surface area contributed by atoms with Crippen LogP contribution in [-0.4, -0.2) is 17.1 Å². The Balaban J connectivity index is 0.00000210. The maximum atomic E-state index is 13.0. The molecule has 0 fully saturated rings. The molecule has 0 atom stereocenters. The molecule has 0 radical (unpaired) electrons. The van der Waals surface area contributed by atoms with Gasteiger partial charge >= 0.3 is 5.95 Å². The van der Waals surface area contributed by atoms with Crippen LogP contribution in [-0.2, 0) is 13.6 Å². The van der Waals surface area contributed by atoms with Crippen LogP contribution < -0.4 is 36.8 Å². The Morgan fingerprint density at radius 1 is 1.19 bits per heavy atom. The van der Waals surface area contributed by atoms with Gasteiger partial charge in [0.15, 0.2) is 17.3 Å². The smallest absolute Gasteiger partial charge is 0.355 e. The third kappa shape index (κ3) is 3.52. The molecule has 1 aromatic heterocycles. The van der Waals surface area contributed by atoms with Gasteiger partial charge in [0, 0.05) is 11.1 Å². The number of rotatable bonds is 4. The van der Waals surface area contributed by atoms with Gasteiger partial charge in [-0.2, -0.15) is 0 Å². The highest BCUT2D eigenvalue weighted by molar-refractivity contribution is 5.95. The molecular formula is C19H17BrFN3O3. The number of benzene rings is 2. The topological polar surface area (TPSA) is 70.4 Å². The number of nitrogens with two attached hydrogens (primary N) is 1. The number of aromatic nitrogens is 2.